The lowest BCUT2D eigenvalue weighted by molar-refractivity contribution is 0.425. The van der Waals surface area contributed by atoms with E-state index >= 15 is 0 Å². The third-order valence-electron chi connectivity index (χ3n) is 3.67. The molecule has 1 N–H and O–H groups in total. The first kappa shape index (κ1) is 13.8. The number of aromatic nitrogens is 1. The van der Waals surface area contributed by atoms with Gasteiger partial charge in [-0.05, 0) is 36.4 Å². The predicted molar refractivity (Wildman–Crippen MR) is 85.3 cm³/mol. The molecule has 0 aliphatic rings. The summed E-state index contributed by atoms with van der Waals surface area (Å²) in [5, 5.41) is 4.64. The standard InChI is InChI=1S/C18H20N2O/c1-3-15-9-10-17(21-15)18(19-4-2)14-11-13-7-5-6-8-16(13)20-12-14/h5-12,18-19H,3-4H2,1-2H3. The van der Waals surface area contributed by atoms with E-state index in [1.165, 1.54) is 0 Å². The molecule has 0 spiro atoms. The minimum absolute atomic E-state index is 0.0485. The zero-order chi connectivity index (χ0) is 14.7. The first-order valence-electron chi connectivity index (χ1n) is 7.48. The molecule has 3 aromatic rings. The molecule has 3 rings (SSSR count). The normalized spacial score (nSPS) is 12.7. The maximum atomic E-state index is 5.92. The summed E-state index contributed by atoms with van der Waals surface area (Å²) in [5.74, 6) is 1.97. The summed E-state index contributed by atoms with van der Waals surface area (Å²) in [6, 6.07) is 14.5. The van der Waals surface area contributed by atoms with Crippen LogP contribution >= 0.6 is 0 Å². The highest BCUT2D eigenvalue weighted by molar-refractivity contribution is 5.78. The number of nitrogens with one attached hydrogen (secondary N) is 1. The highest BCUT2D eigenvalue weighted by Gasteiger charge is 2.17. The van der Waals surface area contributed by atoms with E-state index < -0.39 is 0 Å². The molecule has 3 nitrogen and oxygen atoms in total. The highest BCUT2D eigenvalue weighted by Crippen LogP contribution is 2.26. The van der Waals surface area contributed by atoms with Gasteiger partial charge in [0.25, 0.3) is 0 Å². The summed E-state index contributed by atoms with van der Waals surface area (Å²) in [6.45, 7) is 5.08. The molecule has 0 aliphatic heterocycles. The van der Waals surface area contributed by atoms with Gasteiger partial charge >= 0.3 is 0 Å². The zero-order valence-electron chi connectivity index (χ0n) is 12.5. The third kappa shape index (κ3) is 2.83. The summed E-state index contributed by atoms with van der Waals surface area (Å²) in [7, 11) is 0. The van der Waals surface area contributed by atoms with E-state index in [9.17, 15) is 0 Å². The molecule has 0 bridgehead atoms. The molecule has 21 heavy (non-hydrogen) atoms. The lowest BCUT2D eigenvalue weighted by Crippen LogP contribution is -2.21. The van der Waals surface area contributed by atoms with Crippen LogP contribution in [0.3, 0.4) is 0 Å². The summed E-state index contributed by atoms with van der Waals surface area (Å²) >= 11 is 0. The van der Waals surface area contributed by atoms with E-state index in [-0.39, 0.29) is 6.04 Å². The van der Waals surface area contributed by atoms with Crippen molar-refractivity contribution in [3.8, 4) is 0 Å². The molecule has 0 saturated carbocycles. The molecule has 3 heteroatoms. The van der Waals surface area contributed by atoms with Gasteiger partial charge in [0.15, 0.2) is 0 Å². The summed E-state index contributed by atoms with van der Waals surface area (Å²) in [4.78, 5) is 4.56. The molecule has 2 aromatic heterocycles. The van der Waals surface area contributed by atoms with Crippen LogP contribution in [-0.2, 0) is 6.42 Å². The lowest BCUT2D eigenvalue weighted by atomic mass is 10.0. The zero-order valence-corrected chi connectivity index (χ0v) is 12.5. The lowest BCUT2D eigenvalue weighted by Gasteiger charge is -2.16. The summed E-state index contributed by atoms with van der Waals surface area (Å²) < 4.78 is 5.92. The van der Waals surface area contributed by atoms with Gasteiger partial charge in [-0.3, -0.25) is 4.98 Å². The second-order valence-corrected chi connectivity index (χ2v) is 5.11. The molecule has 0 amide bonds. The number of aryl methyl sites for hydroxylation is 1. The van der Waals surface area contributed by atoms with Gasteiger partial charge < -0.3 is 9.73 Å². The second-order valence-electron chi connectivity index (χ2n) is 5.11. The molecule has 1 unspecified atom stereocenters. The van der Waals surface area contributed by atoms with Crippen molar-refractivity contribution in [1.82, 2.24) is 10.3 Å². The highest BCUT2D eigenvalue weighted by atomic mass is 16.3. The fourth-order valence-corrected chi connectivity index (χ4v) is 2.57. The van der Waals surface area contributed by atoms with Crippen LogP contribution in [0.2, 0.25) is 0 Å². The molecule has 1 aromatic carbocycles. The van der Waals surface area contributed by atoms with E-state index in [4.69, 9.17) is 4.42 Å². The van der Waals surface area contributed by atoms with Crippen molar-refractivity contribution >= 4 is 10.9 Å². The first-order chi connectivity index (χ1) is 10.3. The molecular weight excluding hydrogens is 260 g/mol. The van der Waals surface area contributed by atoms with Gasteiger partial charge in [-0.25, -0.2) is 0 Å². The van der Waals surface area contributed by atoms with Gasteiger partial charge in [-0.2, -0.15) is 0 Å². The smallest absolute Gasteiger partial charge is 0.125 e. The fourth-order valence-electron chi connectivity index (χ4n) is 2.57. The Labute approximate surface area is 125 Å². The van der Waals surface area contributed by atoms with Gasteiger partial charge in [0.1, 0.15) is 11.5 Å². The number of fused-ring (bicyclic) bond motifs is 1. The Hall–Kier alpha value is -2.13. The largest absolute Gasteiger partial charge is 0.464 e. The number of hydrogen-bond donors (Lipinski definition) is 1. The van der Waals surface area contributed by atoms with Gasteiger partial charge in [-0.15, -0.1) is 0 Å². The Morgan fingerprint density at radius 1 is 1.14 bits per heavy atom. The van der Waals surface area contributed by atoms with Crippen molar-refractivity contribution in [2.45, 2.75) is 26.3 Å². The Morgan fingerprint density at radius 2 is 2.00 bits per heavy atom. The number of rotatable bonds is 5. The van der Waals surface area contributed by atoms with Crippen molar-refractivity contribution in [3.63, 3.8) is 0 Å². The Bertz CT molecular complexity index is 733. The number of furan rings is 1. The Morgan fingerprint density at radius 3 is 2.76 bits per heavy atom. The molecule has 0 saturated heterocycles. The van der Waals surface area contributed by atoms with Crippen molar-refractivity contribution in [3.05, 3.63) is 65.7 Å². The molecule has 0 aliphatic carbocycles. The molecule has 0 fully saturated rings. The van der Waals surface area contributed by atoms with Gasteiger partial charge in [0, 0.05) is 18.0 Å². The number of pyridine rings is 1. The van der Waals surface area contributed by atoms with Crippen LogP contribution in [0, 0.1) is 0 Å². The topological polar surface area (TPSA) is 38.1 Å². The monoisotopic (exact) mass is 280 g/mol. The summed E-state index contributed by atoms with van der Waals surface area (Å²) in [5.41, 5.74) is 2.15. The number of benzene rings is 1. The van der Waals surface area contributed by atoms with Crippen molar-refractivity contribution in [2.24, 2.45) is 0 Å². The van der Waals surface area contributed by atoms with E-state index in [0.717, 1.165) is 41.0 Å². The fraction of sp³-hybridized carbons (Fsp3) is 0.278. The van der Waals surface area contributed by atoms with Crippen molar-refractivity contribution < 1.29 is 4.42 Å². The Kier molecular flexibility index (Phi) is 4.02. The van der Waals surface area contributed by atoms with Crippen LogP contribution in [0.15, 0.2) is 53.1 Å². The van der Waals surface area contributed by atoms with Gasteiger partial charge in [0.2, 0.25) is 0 Å². The third-order valence-corrected chi connectivity index (χ3v) is 3.67. The SMILES string of the molecule is CCNC(c1cnc2ccccc2c1)c1ccc(CC)o1. The maximum absolute atomic E-state index is 5.92. The minimum Gasteiger partial charge on any atom is -0.464 e. The van der Waals surface area contributed by atoms with Gasteiger partial charge in [0.05, 0.1) is 11.6 Å². The van der Waals surface area contributed by atoms with E-state index in [2.05, 4.69) is 42.3 Å². The van der Waals surface area contributed by atoms with Crippen LogP contribution in [0.5, 0.6) is 0 Å². The second kappa shape index (κ2) is 6.10. The predicted octanol–water partition coefficient (Wildman–Crippen LogP) is 4.09. The maximum Gasteiger partial charge on any atom is 0.125 e. The summed E-state index contributed by atoms with van der Waals surface area (Å²) in [6.07, 6.45) is 2.85. The molecule has 0 radical (unpaired) electrons. The average Bonchev–Trinajstić information content (AvgIpc) is 3.01. The molecule has 1 atom stereocenters. The van der Waals surface area contributed by atoms with Crippen molar-refractivity contribution in [2.75, 3.05) is 6.54 Å². The van der Waals surface area contributed by atoms with Crippen molar-refractivity contribution in [1.29, 1.82) is 0 Å². The van der Waals surface area contributed by atoms with Gasteiger partial charge in [-0.1, -0.05) is 32.0 Å². The van der Waals surface area contributed by atoms with Crippen LogP contribution in [-0.4, -0.2) is 11.5 Å². The molecule has 2 heterocycles. The van der Waals surface area contributed by atoms with Crippen LogP contribution in [0.25, 0.3) is 10.9 Å². The van der Waals surface area contributed by atoms with Crippen LogP contribution < -0.4 is 5.32 Å². The first-order valence-corrected chi connectivity index (χ1v) is 7.48. The average molecular weight is 280 g/mol. The quantitative estimate of drug-likeness (QED) is 0.765. The number of para-hydroxylation sites is 1. The minimum atomic E-state index is 0.0485. The Balaban J connectivity index is 2.01. The van der Waals surface area contributed by atoms with Crippen LogP contribution in [0.4, 0.5) is 0 Å². The number of nitrogens with zero attached hydrogens (tertiary/aromatic N) is 1. The number of hydrogen-bond acceptors (Lipinski definition) is 3. The van der Waals surface area contributed by atoms with E-state index in [1.54, 1.807) is 0 Å². The van der Waals surface area contributed by atoms with Crippen LogP contribution in [0.1, 0.15) is 37.0 Å². The molecular formula is C18H20N2O. The molecule has 108 valence electrons. The van der Waals surface area contributed by atoms with E-state index in [1.807, 2.05) is 30.5 Å². The van der Waals surface area contributed by atoms with E-state index in [0.29, 0.717) is 0 Å².